The fourth-order valence-electron chi connectivity index (χ4n) is 2.49. The van der Waals surface area contributed by atoms with E-state index in [0.29, 0.717) is 17.8 Å². The Kier molecular flexibility index (Phi) is 3.39. The van der Waals surface area contributed by atoms with Gasteiger partial charge in [-0.15, -0.1) is 0 Å². The molecule has 1 aliphatic heterocycles. The second kappa shape index (κ2) is 4.69. The fourth-order valence-corrected chi connectivity index (χ4v) is 2.49. The summed E-state index contributed by atoms with van der Waals surface area (Å²) >= 11 is 0. The third-order valence-corrected chi connectivity index (χ3v) is 3.35. The first-order valence-corrected chi connectivity index (χ1v) is 6.17. The molecule has 1 unspecified atom stereocenters. The Labute approximate surface area is 106 Å². The predicted octanol–water partition coefficient (Wildman–Crippen LogP) is 2.38. The molecule has 98 valence electrons. The van der Waals surface area contributed by atoms with Gasteiger partial charge in [-0.25, -0.2) is 4.39 Å². The monoisotopic (exact) mass is 251 g/mol. The van der Waals surface area contributed by atoms with Crippen LogP contribution in [0.3, 0.4) is 0 Å². The molecule has 1 aromatic carbocycles. The van der Waals surface area contributed by atoms with Crippen molar-refractivity contribution in [3.05, 3.63) is 29.6 Å². The summed E-state index contributed by atoms with van der Waals surface area (Å²) in [5.41, 5.74) is 0.345. The minimum Gasteiger partial charge on any atom is -0.388 e. The van der Waals surface area contributed by atoms with Crippen molar-refractivity contribution >= 4 is 11.5 Å². The van der Waals surface area contributed by atoms with Crippen LogP contribution in [-0.2, 0) is 0 Å². The van der Waals surface area contributed by atoms with Crippen LogP contribution in [0.1, 0.15) is 37.0 Å². The second-order valence-electron chi connectivity index (χ2n) is 5.24. The Morgan fingerprint density at radius 2 is 2.22 bits per heavy atom. The molecule has 0 aromatic heterocycles. The molecule has 0 amide bonds. The lowest BCUT2D eigenvalue weighted by Gasteiger charge is -2.38. The lowest BCUT2D eigenvalue weighted by Crippen LogP contribution is -2.46. The summed E-state index contributed by atoms with van der Waals surface area (Å²) in [6.07, 6.45) is 1.61. The van der Waals surface area contributed by atoms with E-state index >= 15 is 0 Å². The molecule has 1 aliphatic rings. The molecule has 0 aliphatic carbocycles. The second-order valence-corrected chi connectivity index (χ2v) is 5.24. The highest BCUT2D eigenvalue weighted by Crippen LogP contribution is 2.29. The van der Waals surface area contributed by atoms with E-state index in [1.807, 2.05) is 4.90 Å². The Bertz CT molecular complexity index is 471. The highest BCUT2D eigenvalue weighted by molar-refractivity contribution is 5.99. The van der Waals surface area contributed by atoms with E-state index in [2.05, 4.69) is 0 Å². The van der Waals surface area contributed by atoms with Crippen LogP contribution in [0.2, 0.25) is 0 Å². The van der Waals surface area contributed by atoms with Gasteiger partial charge in [-0.2, -0.15) is 0 Å². The van der Waals surface area contributed by atoms with E-state index in [4.69, 9.17) is 0 Å². The number of benzene rings is 1. The molecule has 1 saturated heterocycles. The van der Waals surface area contributed by atoms with Crippen molar-refractivity contribution in [1.29, 1.82) is 0 Å². The molecule has 1 atom stereocenters. The van der Waals surface area contributed by atoms with Crippen LogP contribution in [0, 0.1) is 5.82 Å². The molecule has 1 heterocycles. The van der Waals surface area contributed by atoms with Crippen molar-refractivity contribution in [1.82, 2.24) is 0 Å². The van der Waals surface area contributed by atoms with E-state index in [-0.39, 0.29) is 5.78 Å². The zero-order valence-electron chi connectivity index (χ0n) is 10.7. The highest BCUT2D eigenvalue weighted by Gasteiger charge is 2.29. The van der Waals surface area contributed by atoms with E-state index in [1.165, 1.54) is 19.1 Å². The number of carbonyl (C=O) groups excluding carboxylic acids is 1. The number of Topliss-reactive ketones (excluding diaryl/α,β-unsaturated/α-hetero) is 1. The largest absolute Gasteiger partial charge is 0.388 e. The zero-order valence-corrected chi connectivity index (χ0v) is 10.7. The average Bonchev–Trinajstić information content (AvgIpc) is 2.27. The fraction of sp³-hybridized carbons (Fsp3) is 0.500. The molecule has 0 saturated carbocycles. The van der Waals surface area contributed by atoms with Crippen LogP contribution >= 0.6 is 0 Å². The average molecular weight is 251 g/mol. The van der Waals surface area contributed by atoms with Gasteiger partial charge in [-0.1, -0.05) is 0 Å². The van der Waals surface area contributed by atoms with Gasteiger partial charge >= 0.3 is 0 Å². The molecule has 1 fully saturated rings. The number of nitrogens with zero attached hydrogens (tertiary/aromatic N) is 1. The minimum absolute atomic E-state index is 0.158. The first kappa shape index (κ1) is 13.0. The molecular weight excluding hydrogens is 233 g/mol. The molecular formula is C14H18FNO2. The third kappa shape index (κ3) is 2.70. The maximum atomic E-state index is 13.2. The zero-order chi connectivity index (χ0) is 13.3. The van der Waals surface area contributed by atoms with Gasteiger partial charge in [-0.3, -0.25) is 4.79 Å². The number of aliphatic hydroxyl groups is 1. The topological polar surface area (TPSA) is 40.5 Å². The molecule has 4 heteroatoms. The number of rotatable bonds is 2. The maximum Gasteiger partial charge on any atom is 0.161 e. The van der Waals surface area contributed by atoms with Crippen molar-refractivity contribution in [3.63, 3.8) is 0 Å². The summed E-state index contributed by atoms with van der Waals surface area (Å²) in [5, 5.41) is 10.1. The summed E-state index contributed by atoms with van der Waals surface area (Å²) in [5.74, 6) is -0.567. The van der Waals surface area contributed by atoms with Gasteiger partial charge < -0.3 is 10.0 Å². The molecule has 3 nitrogen and oxygen atoms in total. The number of hydrogen-bond acceptors (Lipinski definition) is 3. The molecule has 1 N–H and O–H groups in total. The van der Waals surface area contributed by atoms with Gasteiger partial charge in [-0.05, 0) is 44.9 Å². The van der Waals surface area contributed by atoms with Crippen molar-refractivity contribution in [2.45, 2.75) is 32.3 Å². The summed E-state index contributed by atoms with van der Waals surface area (Å²) in [6, 6.07) is 4.24. The van der Waals surface area contributed by atoms with Crippen LogP contribution in [0.25, 0.3) is 0 Å². The lowest BCUT2D eigenvalue weighted by atomic mass is 9.94. The van der Waals surface area contributed by atoms with Crippen LogP contribution < -0.4 is 4.90 Å². The van der Waals surface area contributed by atoms with Crippen molar-refractivity contribution < 1.29 is 14.3 Å². The number of anilines is 1. The van der Waals surface area contributed by atoms with E-state index < -0.39 is 11.4 Å². The predicted molar refractivity (Wildman–Crippen MR) is 68.5 cm³/mol. The molecule has 1 aromatic rings. The minimum atomic E-state index is -0.749. The third-order valence-electron chi connectivity index (χ3n) is 3.35. The Morgan fingerprint density at radius 3 is 2.83 bits per heavy atom. The number of carbonyl (C=O) groups is 1. The molecule has 18 heavy (non-hydrogen) atoms. The first-order chi connectivity index (χ1) is 8.39. The summed E-state index contributed by atoms with van der Waals surface area (Å²) in [4.78, 5) is 13.5. The lowest BCUT2D eigenvalue weighted by molar-refractivity contribution is 0.0448. The van der Waals surface area contributed by atoms with E-state index in [9.17, 15) is 14.3 Å². The summed E-state index contributed by atoms with van der Waals surface area (Å²) in [6.45, 7) is 4.47. The number of β-amino-alcohol motifs (C(OH)–C–C–N with tert-alkyl or cyclic N) is 1. The summed E-state index contributed by atoms with van der Waals surface area (Å²) < 4.78 is 13.2. The van der Waals surface area contributed by atoms with Crippen LogP contribution in [0.15, 0.2) is 18.2 Å². The number of hydrogen-bond donors (Lipinski definition) is 1. The number of piperidine rings is 1. The maximum absolute atomic E-state index is 13.2. The van der Waals surface area contributed by atoms with Crippen LogP contribution in [-0.4, -0.2) is 29.6 Å². The van der Waals surface area contributed by atoms with Gasteiger partial charge in [0, 0.05) is 24.3 Å². The standard InChI is InChI=1S/C14H18FNO2/c1-10(17)12-8-11(15)4-5-13(12)16-7-3-6-14(2,18)9-16/h4-5,8,18H,3,6-7,9H2,1-2H3. The Balaban J connectivity index is 2.35. The first-order valence-electron chi connectivity index (χ1n) is 6.17. The van der Waals surface area contributed by atoms with Gasteiger partial charge in [0.2, 0.25) is 0 Å². The van der Waals surface area contributed by atoms with Gasteiger partial charge in [0.1, 0.15) is 5.82 Å². The van der Waals surface area contributed by atoms with Gasteiger partial charge in [0.25, 0.3) is 0 Å². The number of halogens is 1. The smallest absolute Gasteiger partial charge is 0.161 e. The highest BCUT2D eigenvalue weighted by atomic mass is 19.1. The molecule has 0 spiro atoms. The van der Waals surface area contributed by atoms with Gasteiger partial charge in [0.05, 0.1) is 5.60 Å². The summed E-state index contributed by atoms with van der Waals surface area (Å²) in [7, 11) is 0. The van der Waals surface area contributed by atoms with Crippen molar-refractivity contribution in [2.24, 2.45) is 0 Å². The SMILES string of the molecule is CC(=O)c1cc(F)ccc1N1CCCC(C)(O)C1. The quantitative estimate of drug-likeness (QED) is 0.820. The van der Waals surface area contributed by atoms with Crippen molar-refractivity contribution in [2.75, 3.05) is 18.0 Å². The van der Waals surface area contributed by atoms with Crippen molar-refractivity contribution in [3.8, 4) is 0 Å². The molecule has 2 rings (SSSR count). The van der Waals surface area contributed by atoms with E-state index in [1.54, 1.807) is 13.0 Å². The van der Waals surface area contributed by atoms with E-state index in [0.717, 1.165) is 19.4 Å². The molecule has 0 bridgehead atoms. The molecule has 0 radical (unpaired) electrons. The van der Waals surface area contributed by atoms with Gasteiger partial charge in [0.15, 0.2) is 5.78 Å². The normalized spacial score (nSPS) is 24.1. The van der Waals surface area contributed by atoms with Crippen LogP contribution in [0.4, 0.5) is 10.1 Å². The Hall–Kier alpha value is -1.42. The Morgan fingerprint density at radius 1 is 1.50 bits per heavy atom. The number of ketones is 1. The van der Waals surface area contributed by atoms with Crippen LogP contribution in [0.5, 0.6) is 0 Å².